The lowest BCUT2D eigenvalue weighted by Crippen LogP contribution is -2.38. The first-order valence-corrected chi connectivity index (χ1v) is 9.12. The average Bonchev–Trinajstić information content (AvgIpc) is 3.51. The fourth-order valence-corrected chi connectivity index (χ4v) is 3.38. The summed E-state index contributed by atoms with van der Waals surface area (Å²) in [5.41, 5.74) is 8.08. The highest BCUT2D eigenvalue weighted by molar-refractivity contribution is 6.21. The molecular formula is C21H22ClN3O3. The van der Waals surface area contributed by atoms with Gasteiger partial charge in [0.05, 0.1) is 17.7 Å². The minimum atomic E-state index is -0.305. The summed E-state index contributed by atoms with van der Waals surface area (Å²) < 4.78 is 0. The molecule has 1 aliphatic carbocycles. The Labute approximate surface area is 169 Å². The molecule has 7 heteroatoms. The van der Waals surface area contributed by atoms with Gasteiger partial charge in [0.2, 0.25) is 0 Å². The van der Waals surface area contributed by atoms with E-state index in [9.17, 15) is 14.4 Å². The molecular weight excluding hydrogens is 378 g/mol. The van der Waals surface area contributed by atoms with Crippen LogP contribution in [0.1, 0.15) is 49.5 Å². The second-order valence-electron chi connectivity index (χ2n) is 7.15. The van der Waals surface area contributed by atoms with Crippen LogP contribution in [0.2, 0.25) is 0 Å². The van der Waals surface area contributed by atoms with Crippen LogP contribution >= 0.6 is 12.4 Å². The second kappa shape index (κ2) is 8.12. The van der Waals surface area contributed by atoms with Crippen LogP contribution in [-0.4, -0.2) is 35.2 Å². The van der Waals surface area contributed by atoms with Crippen molar-refractivity contribution in [3.8, 4) is 0 Å². The van der Waals surface area contributed by atoms with Crippen LogP contribution < -0.4 is 11.1 Å². The molecule has 28 heavy (non-hydrogen) atoms. The van der Waals surface area contributed by atoms with Crippen LogP contribution in [0.4, 0.5) is 0 Å². The van der Waals surface area contributed by atoms with Gasteiger partial charge in [-0.2, -0.15) is 0 Å². The van der Waals surface area contributed by atoms with Gasteiger partial charge in [0, 0.05) is 18.2 Å². The topological polar surface area (TPSA) is 92.5 Å². The van der Waals surface area contributed by atoms with E-state index in [1.807, 2.05) is 0 Å². The molecule has 1 heterocycles. The summed E-state index contributed by atoms with van der Waals surface area (Å²) in [6.07, 6.45) is 2.26. The molecule has 3 N–H and O–H groups in total. The highest BCUT2D eigenvalue weighted by Crippen LogP contribution is 2.31. The number of hydrogen-bond donors (Lipinski definition) is 2. The first-order chi connectivity index (χ1) is 13.0. The summed E-state index contributed by atoms with van der Waals surface area (Å²) in [5, 5.41) is 2.86. The Morgan fingerprint density at radius 1 is 1.07 bits per heavy atom. The summed E-state index contributed by atoms with van der Waals surface area (Å²) in [5.74, 6) is -0.289. The van der Waals surface area contributed by atoms with Crippen molar-refractivity contribution in [2.75, 3.05) is 6.54 Å². The molecule has 0 saturated heterocycles. The first-order valence-electron chi connectivity index (χ1n) is 9.12. The molecule has 1 aliphatic heterocycles. The van der Waals surface area contributed by atoms with Gasteiger partial charge in [-0.15, -0.1) is 12.4 Å². The molecule has 1 fully saturated rings. The number of rotatable bonds is 6. The maximum absolute atomic E-state index is 12.5. The molecule has 2 aliphatic rings. The highest BCUT2D eigenvalue weighted by atomic mass is 35.5. The van der Waals surface area contributed by atoms with E-state index in [-0.39, 0.29) is 42.7 Å². The maximum Gasteiger partial charge on any atom is 0.261 e. The minimum absolute atomic E-state index is 0. The highest BCUT2D eigenvalue weighted by Gasteiger charge is 2.35. The first kappa shape index (κ1) is 20.0. The minimum Gasteiger partial charge on any atom is -0.350 e. The third-order valence-corrected chi connectivity index (χ3v) is 5.13. The molecule has 2 aromatic carbocycles. The van der Waals surface area contributed by atoms with E-state index < -0.39 is 0 Å². The lowest BCUT2D eigenvalue weighted by atomic mass is 10.1. The summed E-state index contributed by atoms with van der Waals surface area (Å²) in [7, 11) is 0. The van der Waals surface area contributed by atoms with Crippen molar-refractivity contribution in [2.45, 2.75) is 25.4 Å². The van der Waals surface area contributed by atoms with Gasteiger partial charge in [-0.1, -0.05) is 24.3 Å². The Morgan fingerprint density at radius 2 is 1.71 bits per heavy atom. The Bertz CT molecular complexity index is 892. The van der Waals surface area contributed by atoms with Gasteiger partial charge >= 0.3 is 0 Å². The normalized spacial score (nSPS) is 16.4. The van der Waals surface area contributed by atoms with Crippen molar-refractivity contribution < 1.29 is 14.4 Å². The van der Waals surface area contributed by atoms with Crippen LogP contribution in [0.3, 0.4) is 0 Å². The monoisotopic (exact) mass is 399 g/mol. The third-order valence-electron chi connectivity index (χ3n) is 5.13. The second-order valence-corrected chi connectivity index (χ2v) is 7.15. The van der Waals surface area contributed by atoms with Gasteiger partial charge in [-0.05, 0) is 48.6 Å². The van der Waals surface area contributed by atoms with E-state index in [1.54, 1.807) is 48.5 Å². The van der Waals surface area contributed by atoms with Crippen LogP contribution in [0.5, 0.6) is 0 Å². The lowest BCUT2D eigenvalue weighted by Gasteiger charge is -2.15. The summed E-state index contributed by atoms with van der Waals surface area (Å²) in [4.78, 5) is 38.6. The number of hydrogen-bond acceptors (Lipinski definition) is 4. The van der Waals surface area contributed by atoms with E-state index in [0.717, 1.165) is 18.4 Å². The Kier molecular flexibility index (Phi) is 5.82. The molecule has 146 valence electrons. The molecule has 1 saturated carbocycles. The van der Waals surface area contributed by atoms with Crippen LogP contribution in [0.25, 0.3) is 0 Å². The van der Waals surface area contributed by atoms with E-state index >= 15 is 0 Å². The molecule has 6 nitrogen and oxygen atoms in total. The van der Waals surface area contributed by atoms with Gasteiger partial charge < -0.3 is 11.1 Å². The zero-order valence-corrected chi connectivity index (χ0v) is 16.1. The number of nitrogens with two attached hydrogens (primary N) is 1. The van der Waals surface area contributed by atoms with Gasteiger partial charge in [0.25, 0.3) is 17.7 Å². The molecule has 2 aromatic rings. The van der Waals surface area contributed by atoms with Crippen LogP contribution in [0.15, 0.2) is 48.5 Å². The van der Waals surface area contributed by atoms with E-state index in [4.69, 9.17) is 5.73 Å². The fourth-order valence-electron chi connectivity index (χ4n) is 3.38. The van der Waals surface area contributed by atoms with Crippen molar-refractivity contribution in [2.24, 2.45) is 11.7 Å². The number of amides is 3. The lowest BCUT2D eigenvalue weighted by molar-refractivity contribution is 0.0642. The van der Waals surface area contributed by atoms with Gasteiger partial charge in [0.15, 0.2) is 0 Å². The summed E-state index contributed by atoms with van der Waals surface area (Å²) in [6, 6.07) is 13.8. The van der Waals surface area contributed by atoms with Crippen molar-refractivity contribution in [1.82, 2.24) is 10.2 Å². The van der Waals surface area contributed by atoms with E-state index in [1.165, 1.54) is 4.90 Å². The maximum atomic E-state index is 12.5. The van der Waals surface area contributed by atoms with E-state index in [2.05, 4.69) is 5.32 Å². The standard InChI is InChI=1S/C21H21N3O3.ClH/c22-18(14-8-9-14)11-23-19(25)15-5-3-4-13(10-15)12-24-20(26)16-6-1-2-7-17(16)21(24)27;/h1-7,10,14,18H,8-9,11-12,22H2,(H,23,25);1H. The number of carbonyl (C=O) groups excluding carboxylic acids is 3. The Hall–Kier alpha value is -2.70. The van der Waals surface area contributed by atoms with Crippen LogP contribution in [0, 0.1) is 5.92 Å². The number of benzene rings is 2. The quantitative estimate of drug-likeness (QED) is 0.729. The number of nitrogens with zero attached hydrogens (tertiary/aromatic N) is 1. The Balaban J connectivity index is 0.00000225. The number of halogens is 1. The summed E-state index contributed by atoms with van der Waals surface area (Å²) >= 11 is 0. The Morgan fingerprint density at radius 3 is 2.32 bits per heavy atom. The predicted octanol–water partition coefficient (Wildman–Crippen LogP) is 2.37. The fraction of sp³-hybridized carbons (Fsp3) is 0.286. The van der Waals surface area contributed by atoms with Gasteiger partial charge in [-0.25, -0.2) is 0 Å². The van der Waals surface area contributed by atoms with Gasteiger partial charge in [0.1, 0.15) is 0 Å². The largest absolute Gasteiger partial charge is 0.350 e. The third kappa shape index (κ3) is 3.93. The molecule has 1 unspecified atom stereocenters. The molecule has 1 atom stereocenters. The molecule has 0 aromatic heterocycles. The van der Waals surface area contributed by atoms with Crippen molar-refractivity contribution in [3.05, 3.63) is 70.8 Å². The molecule has 0 bridgehead atoms. The number of imide groups is 1. The molecule has 3 amide bonds. The summed E-state index contributed by atoms with van der Waals surface area (Å²) in [6.45, 7) is 0.585. The average molecular weight is 400 g/mol. The van der Waals surface area contributed by atoms with Crippen molar-refractivity contribution in [1.29, 1.82) is 0 Å². The van der Waals surface area contributed by atoms with Crippen molar-refractivity contribution in [3.63, 3.8) is 0 Å². The SMILES string of the molecule is Cl.NC(CNC(=O)c1cccc(CN2C(=O)c3ccccc3C2=O)c1)C1CC1. The van der Waals surface area contributed by atoms with Crippen LogP contribution in [-0.2, 0) is 6.54 Å². The predicted molar refractivity (Wildman–Crippen MR) is 107 cm³/mol. The van der Waals surface area contributed by atoms with Crippen molar-refractivity contribution >= 4 is 30.1 Å². The zero-order chi connectivity index (χ0) is 19.0. The zero-order valence-electron chi connectivity index (χ0n) is 15.3. The smallest absolute Gasteiger partial charge is 0.261 e. The molecule has 0 radical (unpaired) electrons. The number of carbonyl (C=O) groups is 3. The van der Waals surface area contributed by atoms with Gasteiger partial charge in [-0.3, -0.25) is 19.3 Å². The number of fused-ring (bicyclic) bond motifs is 1. The number of nitrogens with one attached hydrogen (secondary N) is 1. The molecule has 4 rings (SSSR count). The molecule has 0 spiro atoms. The van der Waals surface area contributed by atoms with E-state index in [0.29, 0.717) is 29.2 Å².